The van der Waals surface area contributed by atoms with Gasteiger partial charge in [-0.05, 0) is 32.0 Å². The molecule has 0 radical (unpaired) electrons. The zero-order chi connectivity index (χ0) is 22.8. The van der Waals surface area contributed by atoms with E-state index in [4.69, 9.17) is 0 Å². The molecular weight excluding hydrogens is 432 g/mol. The molecule has 4 atom stereocenters. The number of hydrogen-bond acceptors (Lipinski definition) is 8. The fourth-order valence-corrected chi connectivity index (χ4v) is 2.55. The lowest BCUT2D eigenvalue weighted by atomic mass is 10.1. The van der Waals surface area contributed by atoms with E-state index in [1.54, 1.807) is 18.2 Å². The Bertz CT molecular complexity index is 716. The molecule has 0 aromatic heterocycles. The molecule has 0 saturated heterocycles. The molecule has 4 amide bonds. The van der Waals surface area contributed by atoms with Crippen molar-refractivity contribution in [2.45, 2.75) is 38.1 Å². The second-order valence-electron chi connectivity index (χ2n) is 6.45. The van der Waals surface area contributed by atoms with Crippen LogP contribution in [0.25, 0.3) is 0 Å². The molecular formula is C18H26N4O6S2. The van der Waals surface area contributed by atoms with Crippen molar-refractivity contribution in [1.29, 1.82) is 0 Å². The van der Waals surface area contributed by atoms with Gasteiger partial charge < -0.3 is 31.5 Å². The van der Waals surface area contributed by atoms with E-state index in [2.05, 4.69) is 46.5 Å². The molecule has 2 unspecified atom stereocenters. The largest absolute Gasteiger partial charge is 0.391 e. The molecule has 0 heterocycles. The molecule has 6 N–H and O–H groups in total. The Morgan fingerprint density at radius 3 is 1.50 bits per heavy atom. The van der Waals surface area contributed by atoms with Crippen LogP contribution in [0.2, 0.25) is 0 Å². The number of aliphatic hydroxyl groups excluding tert-OH is 2. The van der Waals surface area contributed by atoms with Crippen molar-refractivity contribution in [2.75, 3.05) is 22.1 Å². The van der Waals surface area contributed by atoms with Crippen molar-refractivity contribution in [2.24, 2.45) is 0 Å². The lowest BCUT2D eigenvalue weighted by Crippen LogP contribution is -2.50. The van der Waals surface area contributed by atoms with Crippen LogP contribution in [0.1, 0.15) is 13.8 Å². The van der Waals surface area contributed by atoms with Crippen LogP contribution in [-0.2, 0) is 19.2 Å². The number of anilines is 2. The van der Waals surface area contributed by atoms with Crippen LogP contribution in [0.4, 0.5) is 11.4 Å². The van der Waals surface area contributed by atoms with E-state index in [1.807, 2.05) is 0 Å². The molecule has 12 heteroatoms. The normalized spacial score (nSPS) is 14.6. The van der Waals surface area contributed by atoms with Gasteiger partial charge in [-0.25, -0.2) is 0 Å². The Morgan fingerprint density at radius 2 is 1.20 bits per heavy atom. The minimum Gasteiger partial charge on any atom is -0.391 e. The minimum atomic E-state index is -1.20. The second-order valence-corrected chi connectivity index (χ2v) is 7.08. The van der Waals surface area contributed by atoms with Crippen LogP contribution in [0, 0.1) is 0 Å². The number of carbonyl (C=O) groups excluding carboxylic acids is 4. The van der Waals surface area contributed by atoms with E-state index in [9.17, 15) is 29.4 Å². The van der Waals surface area contributed by atoms with Crippen molar-refractivity contribution in [3.05, 3.63) is 24.3 Å². The maximum absolute atomic E-state index is 12.4. The van der Waals surface area contributed by atoms with E-state index in [0.717, 1.165) is 0 Å². The molecule has 0 spiro atoms. The first-order valence-electron chi connectivity index (χ1n) is 8.97. The first-order valence-corrected chi connectivity index (χ1v) is 10.2. The standard InChI is InChI=1S/C18H26N4O6S2/c1-9(23)15(21-13(25)7-29)17(27)19-11-4-3-5-12(6-11)20-18(28)16(10(2)24)22-14(26)8-30/h3-6,9-10,15-16,23-24,29-30H,7-8H2,1-2H3,(H,19,27)(H,20,28)(H,21,25)(H,22,26)/t9?,10?,15-,16-/m0/s1. The Morgan fingerprint density at radius 1 is 0.833 bits per heavy atom. The van der Waals surface area contributed by atoms with Crippen LogP contribution < -0.4 is 21.3 Å². The third-order valence-electron chi connectivity index (χ3n) is 3.85. The fraction of sp³-hybridized carbons (Fsp3) is 0.444. The van der Waals surface area contributed by atoms with Crippen molar-refractivity contribution in [3.63, 3.8) is 0 Å². The Hall–Kier alpha value is -2.28. The fourth-order valence-electron chi connectivity index (χ4n) is 2.36. The van der Waals surface area contributed by atoms with Gasteiger partial charge in [-0.3, -0.25) is 19.2 Å². The number of benzene rings is 1. The van der Waals surface area contributed by atoms with Crippen molar-refractivity contribution in [1.82, 2.24) is 10.6 Å². The average molecular weight is 459 g/mol. The molecule has 0 saturated carbocycles. The van der Waals surface area contributed by atoms with Gasteiger partial charge in [0.05, 0.1) is 23.7 Å². The summed E-state index contributed by atoms with van der Waals surface area (Å²) in [4.78, 5) is 47.8. The van der Waals surface area contributed by atoms with Gasteiger partial charge in [0.1, 0.15) is 12.1 Å². The van der Waals surface area contributed by atoms with Crippen LogP contribution >= 0.6 is 25.3 Å². The number of hydrogen-bond donors (Lipinski definition) is 8. The van der Waals surface area contributed by atoms with E-state index < -0.39 is 47.9 Å². The minimum absolute atomic E-state index is 0.147. The molecule has 0 aliphatic rings. The summed E-state index contributed by atoms with van der Waals surface area (Å²) in [7, 11) is 0. The zero-order valence-electron chi connectivity index (χ0n) is 16.5. The summed E-state index contributed by atoms with van der Waals surface area (Å²) in [5.74, 6) is -2.66. The number of carbonyl (C=O) groups is 4. The van der Waals surface area contributed by atoms with E-state index in [0.29, 0.717) is 0 Å². The highest BCUT2D eigenvalue weighted by molar-refractivity contribution is 7.81. The van der Waals surface area contributed by atoms with Crippen LogP contribution in [0.3, 0.4) is 0 Å². The number of rotatable bonds is 10. The molecule has 1 rings (SSSR count). The lowest BCUT2D eigenvalue weighted by Gasteiger charge is -2.21. The first-order chi connectivity index (χ1) is 14.1. The Balaban J connectivity index is 2.88. The summed E-state index contributed by atoms with van der Waals surface area (Å²) in [5, 5.41) is 29.3. The van der Waals surface area contributed by atoms with Gasteiger partial charge in [0, 0.05) is 11.4 Å². The third-order valence-corrected chi connectivity index (χ3v) is 4.42. The van der Waals surface area contributed by atoms with E-state index in [1.165, 1.54) is 19.9 Å². The molecule has 0 fully saturated rings. The smallest absolute Gasteiger partial charge is 0.249 e. The Kier molecular flexibility index (Phi) is 10.7. The lowest BCUT2D eigenvalue weighted by molar-refractivity contribution is -0.127. The van der Waals surface area contributed by atoms with Crippen LogP contribution in [0.5, 0.6) is 0 Å². The highest BCUT2D eigenvalue weighted by Crippen LogP contribution is 2.16. The van der Waals surface area contributed by atoms with Gasteiger partial charge in [0.15, 0.2) is 0 Å². The van der Waals surface area contributed by atoms with Gasteiger partial charge in [-0.15, -0.1) is 0 Å². The van der Waals surface area contributed by atoms with Gasteiger partial charge in [0.25, 0.3) is 0 Å². The summed E-state index contributed by atoms with van der Waals surface area (Å²) < 4.78 is 0. The van der Waals surface area contributed by atoms with Gasteiger partial charge in [-0.1, -0.05) is 6.07 Å². The number of aliphatic hydroxyl groups is 2. The third kappa shape index (κ3) is 8.22. The molecule has 1 aromatic carbocycles. The number of thiol groups is 2. The van der Waals surface area contributed by atoms with Crippen LogP contribution in [-0.4, -0.2) is 69.6 Å². The SMILES string of the molecule is CC(O)[C@H](NC(=O)CS)C(=O)Nc1cccc(NC(=O)[C@@H](NC(=O)CS)C(C)O)c1. The second kappa shape index (κ2) is 12.4. The Labute approximate surface area is 185 Å². The molecule has 30 heavy (non-hydrogen) atoms. The molecule has 10 nitrogen and oxygen atoms in total. The predicted molar refractivity (Wildman–Crippen MR) is 119 cm³/mol. The van der Waals surface area contributed by atoms with Crippen molar-refractivity contribution >= 4 is 60.3 Å². The monoisotopic (exact) mass is 458 g/mol. The first kappa shape index (κ1) is 25.8. The van der Waals surface area contributed by atoms with E-state index in [-0.39, 0.29) is 22.9 Å². The summed E-state index contributed by atoms with van der Waals surface area (Å²) in [6.07, 6.45) is -2.31. The van der Waals surface area contributed by atoms with Crippen molar-refractivity contribution in [3.8, 4) is 0 Å². The summed E-state index contributed by atoms with van der Waals surface area (Å²) in [6, 6.07) is 3.69. The quantitative estimate of drug-likeness (QED) is 0.214. The molecule has 0 aliphatic heterocycles. The summed E-state index contributed by atoms with van der Waals surface area (Å²) in [6.45, 7) is 2.71. The van der Waals surface area contributed by atoms with Gasteiger partial charge in [0.2, 0.25) is 23.6 Å². The summed E-state index contributed by atoms with van der Waals surface area (Å²) >= 11 is 7.63. The zero-order valence-corrected chi connectivity index (χ0v) is 18.2. The van der Waals surface area contributed by atoms with E-state index >= 15 is 0 Å². The highest BCUT2D eigenvalue weighted by atomic mass is 32.1. The van der Waals surface area contributed by atoms with Gasteiger partial charge >= 0.3 is 0 Å². The van der Waals surface area contributed by atoms with Gasteiger partial charge in [-0.2, -0.15) is 25.3 Å². The summed E-state index contributed by atoms with van der Waals surface area (Å²) in [5.41, 5.74) is 0.577. The predicted octanol–water partition coefficient (Wildman–Crippen LogP) is -0.846. The molecule has 1 aromatic rings. The maximum atomic E-state index is 12.4. The van der Waals surface area contributed by atoms with Crippen LogP contribution in [0.15, 0.2) is 24.3 Å². The van der Waals surface area contributed by atoms with Crippen molar-refractivity contribution < 1.29 is 29.4 Å². The average Bonchev–Trinajstić information content (AvgIpc) is 2.69. The molecule has 166 valence electrons. The number of amides is 4. The molecule has 0 bridgehead atoms. The topological polar surface area (TPSA) is 157 Å². The number of nitrogens with one attached hydrogen (secondary N) is 4. The maximum Gasteiger partial charge on any atom is 0.249 e. The highest BCUT2D eigenvalue weighted by Gasteiger charge is 2.27. The molecule has 0 aliphatic carbocycles.